The summed E-state index contributed by atoms with van der Waals surface area (Å²) in [6.07, 6.45) is 5.69. The number of piperidine rings is 2. The van der Waals surface area contributed by atoms with Crippen LogP contribution < -0.4 is 19.1 Å². The van der Waals surface area contributed by atoms with Crippen molar-refractivity contribution in [2.45, 2.75) is 38.6 Å². The van der Waals surface area contributed by atoms with E-state index >= 15 is 0 Å². The number of benzene rings is 1. The molecule has 2 fully saturated rings. The van der Waals surface area contributed by atoms with Crippen molar-refractivity contribution in [1.29, 1.82) is 0 Å². The lowest BCUT2D eigenvalue weighted by Crippen LogP contribution is -3.12. The van der Waals surface area contributed by atoms with Gasteiger partial charge in [0.2, 0.25) is 11.7 Å². The van der Waals surface area contributed by atoms with E-state index in [9.17, 15) is 4.79 Å². The van der Waals surface area contributed by atoms with Crippen molar-refractivity contribution in [3.63, 3.8) is 0 Å². The van der Waals surface area contributed by atoms with Crippen LogP contribution in [0.2, 0.25) is 0 Å². The van der Waals surface area contributed by atoms with E-state index in [4.69, 9.17) is 14.2 Å². The first-order valence-corrected chi connectivity index (χ1v) is 10.1. The van der Waals surface area contributed by atoms with Gasteiger partial charge in [-0.2, -0.15) is 0 Å². The highest BCUT2D eigenvalue weighted by molar-refractivity contribution is 5.79. The number of hydrogen-bond donors (Lipinski definition) is 1. The molecule has 0 bridgehead atoms. The Kier molecular flexibility index (Phi) is 6.83. The molecule has 1 amide bonds. The summed E-state index contributed by atoms with van der Waals surface area (Å²) < 4.78 is 16.4. The van der Waals surface area contributed by atoms with Crippen LogP contribution in [0.4, 0.5) is 0 Å². The Morgan fingerprint density at radius 1 is 1.04 bits per heavy atom. The summed E-state index contributed by atoms with van der Waals surface area (Å²) in [5.41, 5.74) is 1.14. The summed E-state index contributed by atoms with van der Waals surface area (Å²) in [5, 5.41) is 0. The van der Waals surface area contributed by atoms with Gasteiger partial charge < -0.3 is 24.0 Å². The number of amides is 1. The first-order chi connectivity index (χ1) is 13.2. The SMILES string of the molecule is COc1cc(C[NH+]2CCC[C@H](C(=O)N3CCCCC3)C2)cc(OC)c1OC. The van der Waals surface area contributed by atoms with E-state index < -0.39 is 0 Å². The normalized spacial score (nSPS) is 23.0. The fourth-order valence-corrected chi connectivity index (χ4v) is 4.42. The second kappa shape index (κ2) is 9.31. The van der Waals surface area contributed by atoms with Crippen molar-refractivity contribution in [1.82, 2.24) is 4.90 Å². The summed E-state index contributed by atoms with van der Waals surface area (Å²) in [7, 11) is 4.90. The van der Waals surface area contributed by atoms with E-state index in [2.05, 4.69) is 4.90 Å². The van der Waals surface area contributed by atoms with Crippen LogP contribution in [-0.2, 0) is 11.3 Å². The van der Waals surface area contributed by atoms with Gasteiger partial charge in [0.25, 0.3) is 0 Å². The third-order valence-electron chi connectivity index (χ3n) is 5.81. The summed E-state index contributed by atoms with van der Waals surface area (Å²) in [4.78, 5) is 16.4. The van der Waals surface area contributed by atoms with Gasteiger partial charge in [-0.3, -0.25) is 4.79 Å². The maximum Gasteiger partial charge on any atom is 0.231 e. The standard InChI is InChI=1S/C21H32N2O4/c1-25-18-12-16(13-19(26-2)20(18)27-3)14-22-9-7-8-17(15-22)21(24)23-10-5-4-6-11-23/h12-13,17H,4-11,14-15H2,1-3H3/p+1/t17-/m0/s1. The topological polar surface area (TPSA) is 52.4 Å². The van der Waals surface area contributed by atoms with Crippen LogP contribution in [0.1, 0.15) is 37.7 Å². The van der Waals surface area contributed by atoms with Crippen LogP contribution in [0.3, 0.4) is 0 Å². The molecule has 3 rings (SSSR count). The second-order valence-corrected chi connectivity index (χ2v) is 7.64. The average molecular weight is 378 g/mol. The Morgan fingerprint density at radius 3 is 2.30 bits per heavy atom. The molecule has 2 heterocycles. The van der Waals surface area contributed by atoms with Gasteiger partial charge in [0.05, 0.1) is 40.3 Å². The molecule has 150 valence electrons. The lowest BCUT2D eigenvalue weighted by atomic mass is 9.95. The summed E-state index contributed by atoms with van der Waals surface area (Å²) >= 11 is 0. The predicted molar refractivity (Wildman–Crippen MR) is 104 cm³/mol. The molecule has 0 saturated carbocycles. The molecule has 0 spiro atoms. The molecule has 27 heavy (non-hydrogen) atoms. The van der Waals surface area contributed by atoms with E-state index in [0.29, 0.717) is 23.2 Å². The van der Waals surface area contributed by atoms with Crippen molar-refractivity contribution >= 4 is 5.91 Å². The highest BCUT2D eigenvalue weighted by Crippen LogP contribution is 2.38. The lowest BCUT2D eigenvalue weighted by molar-refractivity contribution is -0.921. The Balaban J connectivity index is 1.67. The van der Waals surface area contributed by atoms with E-state index in [1.807, 2.05) is 12.1 Å². The van der Waals surface area contributed by atoms with Crippen LogP contribution in [0, 0.1) is 5.92 Å². The highest BCUT2D eigenvalue weighted by atomic mass is 16.5. The molecular weight excluding hydrogens is 344 g/mol. The van der Waals surface area contributed by atoms with Gasteiger partial charge in [-0.15, -0.1) is 0 Å². The van der Waals surface area contributed by atoms with Gasteiger partial charge in [0, 0.05) is 18.7 Å². The van der Waals surface area contributed by atoms with E-state index in [1.54, 1.807) is 21.3 Å². The molecule has 1 aromatic rings. The zero-order valence-corrected chi connectivity index (χ0v) is 16.9. The third-order valence-corrected chi connectivity index (χ3v) is 5.81. The number of carbonyl (C=O) groups is 1. The highest BCUT2D eigenvalue weighted by Gasteiger charge is 2.32. The molecule has 6 heteroatoms. The number of carbonyl (C=O) groups excluding carboxylic acids is 1. The van der Waals surface area contributed by atoms with Crippen LogP contribution in [0.5, 0.6) is 17.2 Å². The van der Waals surface area contributed by atoms with Crippen molar-refractivity contribution in [3.8, 4) is 17.2 Å². The first kappa shape index (κ1) is 19.8. The number of methoxy groups -OCH3 is 3. The largest absolute Gasteiger partial charge is 0.493 e. The summed E-state index contributed by atoms with van der Waals surface area (Å²) in [6, 6.07) is 4.04. The van der Waals surface area contributed by atoms with Gasteiger partial charge in [0.1, 0.15) is 6.54 Å². The monoisotopic (exact) mass is 377 g/mol. The van der Waals surface area contributed by atoms with Crippen LogP contribution in [0.15, 0.2) is 12.1 Å². The molecule has 6 nitrogen and oxygen atoms in total. The molecule has 1 unspecified atom stereocenters. The first-order valence-electron chi connectivity index (χ1n) is 10.1. The molecule has 2 aliphatic heterocycles. The number of rotatable bonds is 6. The van der Waals surface area contributed by atoms with Gasteiger partial charge in [0.15, 0.2) is 11.5 Å². The van der Waals surface area contributed by atoms with Crippen molar-refractivity contribution in [2.24, 2.45) is 5.92 Å². The average Bonchev–Trinajstić information content (AvgIpc) is 2.73. The van der Waals surface area contributed by atoms with Gasteiger partial charge >= 0.3 is 0 Å². The Morgan fingerprint density at radius 2 is 1.70 bits per heavy atom. The Hall–Kier alpha value is -1.95. The molecule has 1 N–H and O–H groups in total. The lowest BCUT2D eigenvalue weighted by Gasteiger charge is -2.34. The number of quaternary nitrogens is 1. The Labute approximate surface area is 162 Å². The van der Waals surface area contributed by atoms with Crippen LogP contribution in [0.25, 0.3) is 0 Å². The molecule has 0 aliphatic carbocycles. The van der Waals surface area contributed by atoms with Crippen LogP contribution in [-0.4, -0.2) is 58.3 Å². The Bertz CT molecular complexity index is 618. The van der Waals surface area contributed by atoms with Gasteiger partial charge in [-0.25, -0.2) is 0 Å². The van der Waals surface area contributed by atoms with E-state index in [0.717, 1.165) is 64.0 Å². The third kappa shape index (κ3) is 4.67. The fraction of sp³-hybridized carbons (Fsp3) is 0.667. The molecule has 2 atom stereocenters. The number of likely N-dealkylation sites (tertiary alicyclic amines) is 2. The van der Waals surface area contributed by atoms with Crippen molar-refractivity contribution in [2.75, 3.05) is 47.5 Å². The van der Waals surface area contributed by atoms with Crippen molar-refractivity contribution in [3.05, 3.63) is 17.7 Å². The molecule has 0 radical (unpaired) electrons. The quantitative estimate of drug-likeness (QED) is 0.817. The van der Waals surface area contributed by atoms with E-state index in [1.165, 1.54) is 11.3 Å². The second-order valence-electron chi connectivity index (χ2n) is 7.64. The minimum Gasteiger partial charge on any atom is -0.493 e. The molecule has 2 saturated heterocycles. The van der Waals surface area contributed by atoms with Crippen LogP contribution >= 0.6 is 0 Å². The predicted octanol–water partition coefficient (Wildman–Crippen LogP) is 1.52. The molecule has 2 aliphatic rings. The summed E-state index contributed by atoms with van der Waals surface area (Å²) in [6.45, 7) is 4.75. The number of nitrogens with one attached hydrogen (secondary N) is 1. The van der Waals surface area contributed by atoms with Crippen molar-refractivity contribution < 1.29 is 23.9 Å². The smallest absolute Gasteiger partial charge is 0.231 e. The van der Waals surface area contributed by atoms with E-state index in [-0.39, 0.29) is 5.92 Å². The fourth-order valence-electron chi connectivity index (χ4n) is 4.42. The minimum atomic E-state index is 0.161. The minimum absolute atomic E-state index is 0.161. The maximum atomic E-state index is 12.9. The molecule has 0 aromatic heterocycles. The van der Waals surface area contributed by atoms with Gasteiger partial charge in [-0.05, 0) is 44.2 Å². The zero-order valence-electron chi connectivity index (χ0n) is 16.9. The molecule has 1 aromatic carbocycles. The summed E-state index contributed by atoms with van der Waals surface area (Å²) in [5.74, 6) is 2.52. The number of ether oxygens (including phenoxy) is 3. The number of hydrogen-bond acceptors (Lipinski definition) is 4. The maximum absolute atomic E-state index is 12.9. The van der Waals surface area contributed by atoms with Gasteiger partial charge in [-0.1, -0.05) is 0 Å². The number of nitrogens with zero attached hydrogens (tertiary/aromatic N) is 1. The zero-order chi connectivity index (χ0) is 19.2. The molecular formula is C21H33N2O4+.